The van der Waals surface area contributed by atoms with E-state index in [2.05, 4.69) is 0 Å². The number of rotatable bonds is 1. The van der Waals surface area contributed by atoms with E-state index >= 15 is 0 Å². The zero-order valence-corrected chi connectivity index (χ0v) is 6.56. The predicted octanol–water partition coefficient (Wildman–Crippen LogP) is 0.951. The largest absolute Gasteiger partial charge is 0.406 e. The van der Waals surface area contributed by atoms with Crippen LogP contribution in [-0.2, 0) is 4.79 Å². The lowest BCUT2D eigenvalue weighted by Gasteiger charge is -2.17. The Bertz CT molecular complexity index is 297. The molecule has 0 aromatic heterocycles. The van der Waals surface area contributed by atoms with Crippen LogP contribution in [0.25, 0.3) is 0 Å². The van der Waals surface area contributed by atoms with E-state index in [0.717, 1.165) is 0 Å². The molecule has 13 heavy (non-hydrogen) atoms. The predicted molar refractivity (Wildman–Crippen MR) is 39.6 cm³/mol. The number of hydrogen-bond acceptors (Lipinski definition) is 1. The molecule has 0 N–H and O–H groups in total. The first-order chi connectivity index (χ1) is 5.94. The molecule has 70 valence electrons. The summed E-state index contributed by atoms with van der Waals surface area (Å²) in [6.45, 7) is -1.30. The molecule has 5 heteroatoms. The summed E-state index contributed by atoms with van der Waals surface area (Å²) in [6.07, 6.45) is 1.85. The van der Waals surface area contributed by atoms with Gasteiger partial charge in [0.15, 0.2) is 0 Å². The fourth-order valence-electron chi connectivity index (χ4n) is 1.02. The highest BCUT2D eigenvalue weighted by Gasteiger charge is 2.35. The van der Waals surface area contributed by atoms with Crippen molar-refractivity contribution in [3.8, 4) is 12.3 Å². The topological polar surface area (TPSA) is 20.3 Å². The van der Waals surface area contributed by atoms with Crippen molar-refractivity contribution >= 4 is 5.91 Å². The van der Waals surface area contributed by atoms with Crippen molar-refractivity contribution in [2.75, 3.05) is 13.1 Å². The molecule has 0 aliphatic carbocycles. The molecular formula is C8H6F3NO. The second-order valence-electron chi connectivity index (χ2n) is 2.56. The van der Waals surface area contributed by atoms with Gasteiger partial charge < -0.3 is 4.90 Å². The second-order valence-corrected chi connectivity index (χ2v) is 2.56. The smallest absolute Gasteiger partial charge is 0.325 e. The van der Waals surface area contributed by atoms with Gasteiger partial charge >= 0.3 is 6.18 Å². The fourth-order valence-corrected chi connectivity index (χ4v) is 1.02. The Labute approximate surface area is 73.0 Å². The zero-order chi connectivity index (χ0) is 10.1. The lowest BCUT2D eigenvalue weighted by atomic mass is 10.3. The quantitative estimate of drug-likeness (QED) is 0.562. The maximum atomic E-state index is 11.8. The summed E-state index contributed by atoms with van der Waals surface area (Å²) in [6, 6.07) is 0. The molecule has 1 heterocycles. The molecule has 0 saturated heterocycles. The maximum Gasteiger partial charge on any atom is 0.406 e. The molecule has 0 spiro atoms. The van der Waals surface area contributed by atoms with Crippen LogP contribution in [0.15, 0.2) is 11.6 Å². The van der Waals surface area contributed by atoms with Gasteiger partial charge in [0.25, 0.3) is 5.91 Å². The highest BCUT2D eigenvalue weighted by atomic mass is 19.4. The summed E-state index contributed by atoms with van der Waals surface area (Å²) in [5.74, 6) is 1.31. The molecule has 0 bridgehead atoms. The molecule has 0 aromatic rings. The number of alkyl halides is 3. The number of carbonyl (C=O) groups excluding carboxylic acids is 1. The van der Waals surface area contributed by atoms with Gasteiger partial charge in [-0.3, -0.25) is 4.79 Å². The van der Waals surface area contributed by atoms with Crippen LogP contribution in [-0.4, -0.2) is 30.1 Å². The minimum absolute atomic E-state index is 0.00394. The molecule has 0 unspecified atom stereocenters. The van der Waals surface area contributed by atoms with Gasteiger partial charge in [0.2, 0.25) is 0 Å². The van der Waals surface area contributed by atoms with Crippen molar-refractivity contribution < 1.29 is 18.0 Å². The molecule has 0 fully saturated rings. The van der Waals surface area contributed by atoms with Crippen molar-refractivity contribution in [3.63, 3.8) is 0 Å². The van der Waals surface area contributed by atoms with E-state index in [0.29, 0.717) is 4.90 Å². The fraction of sp³-hybridized carbons (Fsp3) is 0.375. The number of hydrogen-bond donors (Lipinski definition) is 0. The lowest BCUT2D eigenvalue weighted by Crippen LogP contribution is -2.36. The average molecular weight is 189 g/mol. The van der Waals surface area contributed by atoms with Gasteiger partial charge in [0.1, 0.15) is 6.54 Å². The van der Waals surface area contributed by atoms with Crippen LogP contribution in [0, 0.1) is 12.3 Å². The van der Waals surface area contributed by atoms with Crippen LogP contribution < -0.4 is 0 Å². The van der Waals surface area contributed by atoms with E-state index in [1.54, 1.807) is 0 Å². The van der Waals surface area contributed by atoms with E-state index in [1.807, 2.05) is 5.92 Å². The van der Waals surface area contributed by atoms with E-state index < -0.39 is 18.6 Å². The lowest BCUT2D eigenvalue weighted by molar-refractivity contribution is -0.156. The Morgan fingerprint density at radius 2 is 2.23 bits per heavy atom. The monoisotopic (exact) mass is 189 g/mol. The van der Waals surface area contributed by atoms with Gasteiger partial charge in [-0.25, -0.2) is 0 Å². The van der Waals surface area contributed by atoms with Gasteiger partial charge in [0, 0.05) is 6.54 Å². The van der Waals surface area contributed by atoms with Crippen LogP contribution in [0.4, 0.5) is 13.2 Å². The summed E-state index contributed by atoms with van der Waals surface area (Å²) in [4.78, 5) is 11.7. The highest BCUT2D eigenvalue weighted by Crippen LogP contribution is 2.20. The molecule has 1 rings (SSSR count). The van der Waals surface area contributed by atoms with E-state index in [9.17, 15) is 18.0 Å². The van der Waals surface area contributed by atoms with Gasteiger partial charge in [-0.05, 0) is 6.08 Å². The Morgan fingerprint density at radius 1 is 1.62 bits per heavy atom. The van der Waals surface area contributed by atoms with E-state index in [-0.39, 0.29) is 12.1 Å². The van der Waals surface area contributed by atoms with Crippen molar-refractivity contribution in [2.45, 2.75) is 6.18 Å². The van der Waals surface area contributed by atoms with Gasteiger partial charge in [-0.2, -0.15) is 13.2 Å². The molecule has 2 nitrogen and oxygen atoms in total. The Hall–Kier alpha value is -1.44. The summed E-state index contributed by atoms with van der Waals surface area (Å²) < 4.78 is 35.5. The first kappa shape index (κ1) is 9.65. The van der Waals surface area contributed by atoms with Crippen LogP contribution in [0.5, 0.6) is 0 Å². The minimum Gasteiger partial charge on any atom is -0.325 e. The number of terminal acetylenes is 1. The Kier molecular flexibility index (Phi) is 2.32. The minimum atomic E-state index is -4.37. The summed E-state index contributed by atoms with van der Waals surface area (Å²) in [5.41, 5.74) is 0.00394. The van der Waals surface area contributed by atoms with Crippen molar-refractivity contribution in [1.29, 1.82) is 0 Å². The summed E-state index contributed by atoms with van der Waals surface area (Å²) in [7, 11) is 0. The maximum absolute atomic E-state index is 11.8. The molecule has 1 aliphatic heterocycles. The summed E-state index contributed by atoms with van der Waals surface area (Å²) >= 11 is 0. The number of carbonyl (C=O) groups is 1. The van der Waals surface area contributed by atoms with Gasteiger partial charge in [0.05, 0.1) is 5.57 Å². The van der Waals surface area contributed by atoms with Crippen LogP contribution in [0.3, 0.4) is 0 Å². The molecule has 0 atom stereocenters. The molecule has 1 amide bonds. The van der Waals surface area contributed by atoms with Crippen LogP contribution >= 0.6 is 0 Å². The third kappa shape index (κ3) is 2.25. The zero-order valence-electron chi connectivity index (χ0n) is 6.56. The normalized spacial score (nSPS) is 17.2. The molecule has 0 aromatic carbocycles. The van der Waals surface area contributed by atoms with Crippen LogP contribution in [0.1, 0.15) is 0 Å². The third-order valence-corrected chi connectivity index (χ3v) is 1.56. The molecule has 0 radical (unpaired) electrons. The second kappa shape index (κ2) is 3.13. The Morgan fingerprint density at radius 3 is 2.62 bits per heavy atom. The standard InChI is InChI=1S/C8H6F3NO/c1-2-6-3-4-12(7(6)13)5-8(9,10)11/h1,3H,4-5H2. The highest BCUT2D eigenvalue weighted by molar-refractivity contribution is 5.99. The average Bonchev–Trinajstić information content (AvgIpc) is 2.30. The van der Waals surface area contributed by atoms with Crippen LogP contribution in [0.2, 0.25) is 0 Å². The van der Waals surface area contributed by atoms with Gasteiger partial charge in [-0.15, -0.1) is 6.42 Å². The number of halogens is 3. The first-order valence-corrected chi connectivity index (χ1v) is 3.47. The SMILES string of the molecule is C#CC1=CCN(CC(F)(F)F)C1=O. The molecule has 1 aliphatic rings. The molecular weight excluding hydrogens is 183 g/mol. The number of nitrogens with zero attached hydrogens (tertiary/aromatic N) is 1. The first-order valence-electron chi connectivity index (χ1n) is 3.47. The molecule has 0 saturated carbocycles. The Balaban J connectivity index is 2.62. The number of amides is 1. The summed E-state index contributed by atoms with van der Waals surface area (Å²) in [5, 5.41) is 0. The van der Waals surface area contributed by atoms with Crippen molar-refractivity contribution in [2.24, 2.45) is 0 Å². The van der Waals surface area contributed by atoms with Gasteiger partial charge in [-0.1, -0.05) is 5.92 Å². The third-order valence-electron chi connectivity index (χ3n) is 1.56. The van der Waals surface area contributed by atoms with E-state index in [1.165, 1.54) is 6.08 Å². The van der Waals surface area contributed by atoms with Crippen molar-refractivity contribution in [1.82, 2.24) is 4.90 Å². The van der Waals surface area contributed by atoms with E-state index in [4.69, 9.17) is 6.42 Å². The van der Waals surface area contributed by atoms with Crippen molar-refractivity contribution in [3.05, 3.63) is 11.6 Å².